The first-order chi connectivity index (χ1) is 22.0. The van der Waals surface area contributed by atoms with E-state index in [9.17, 15) is 30.8 Å². The average molecular weight is 727 g/mol. The van der Waals surface area contributed by atoms with Crippen molar-refractivity contribution < 1.29 is 40.7 Å². The Hall–Kier alpha value is -2.45. The molecule has 1 amide bonds. The standard InChI is InChI=1S/C30H40Cl2FN3O3S.C2HF3O2/c1-22(2)40(38,39)35-18-12-25(13-19-35)30(37)36(27-8-9-28(31)29(32)21-27)15-3-14-34-16-10-24(11-17-34)20-23-4-6-26(33)7-5-23;3-2(4,5)1(6)7/h4-9,21-22,24-25H,3,10-20H2,1-2H3;(H,6,7). The first-order valence-electron chi connectivity index (χ1n) is 15.5. The molecular weight excluding hydrogens is 685 g/mol. The van der Waals surface area contributed by atoms with Crippen molar-refractivity contribution in [3.05, 3.63) is 63.9 Å². The van der Waals surface area contributed by atoms with Crippen molar-refractivity contribution >= 4 is 50.8 Å². The Labute approximate surface area is 283 Å². The van der Waals surface area contributed by atoms with Crippen LogP contribution in [0.1, 0.15) is 51.5 Å². The molecule has 15 heteroatoms. The highest BCUT2D eigenvalue weighted by Gasteiger charge is 2.38. The maximum atomic E-state index is 13.7. The fourth-order valence-electron chi connectivity index (χ4n) is 5.72. The van der Waals surface area contributed by atoms with Crippen LogP contribution >= 0.6 is 23.2 Å². The first-order valence-corrected chi connectivity index (χ1v) is 17.8. The third-order valence-corrected chi connectivity index (χ3v) is 11.5. The molecule has 2 aromatic carbocycles. The van der Waals surface area contributed by atoms with Crippen LogP contribution in [-0.4, -0.2) is 85.3 Å². The first kappa shape index (κ1) is 39.0. The smallest absolute Gasteiger partial charge is 0.475 e. The van der Waals surface area contributed by atoms with Gasteiger partial charge in [0.05, 0.1) is 15.3 Å². The number of carboxylic acids is 1. The highest BCUT2D eigenvalue weighted by Crippen LogP contribution is 2.31. The van der Waals surface area contributed by atoms with Crippen molar-refractivity contribution in [1.29, 1.82) is 0 Å². The molecule has 0 unspecified atom stereocenters. The molecule has 2 fully saturated rings. The van der Waals surface area contributed by atoms with Gasteiger partial charge in [0.15, 0.2) is 0 Å². The van der Waals surface area contributed by atoms with Crippen molar-refractivity contribution in [1.82, 2.24) is 9.21 Å². The summed E-state index contributed by atoms with van der Waals surface area (Å²) < 4.78 is 71.6. The summed E-state index contributed by atoms with van der Waals surface area (Å²) in [5, 5.41) is 7.49. The summed E-state index contributed by atoms with van der Waals surface area (Å²) in [7, 11) is -3.33. The van der Waals surface area contributed by atoms with E-state index in [1.165, 1.54) is 22.0 Å². The van der Waals surface area contributed by atoms with Crippen LogP contribution in [-0.2, 0) is 26.0 Å². The third kappa shape index (κ3) is 11.6. The number of sulfonamides is 1. The molecule has 0 aromatic heterocycles. The number of hydrogen-bond acceptors (Lipinski definition) is 5. The molecule has 0 spiro atoms. The second kappa shape index (κ2) is 17.3. The molecule has 0 aliphatic carbocycles. The van der Waals surface area contributed by atoms with Crippen molar-refractivity contribution in [3.8, 4) is 0 Å². The highest BCUT2D eigenvalue weighted by atomic mass is 35.5. The fraction of sp³-hybridized carbons (Fsp3) is 0.562. The SMILES string of the molecule is CC(C)S(=O)(=O)N1CCC(C(=O)N(CCCN2CCC(Cc3ccc(F)cc3)CC2)c2ccc(Cl)c(Cl)c2)CC1.O=C(O)C(F)(F)F. The maximum absolute atomic E-state index is 13.7. The topological polar surface area (TPSA) is 98.2 Å². The summed E-state index contributed by atoms with van der Waals surface area (Å²) in [4.78, 5) is 26.9. The van der Waals surface area contributed by atoms with Gasteiger partial charge in [-0.05, 0) is 114 Å². The van der Waals surface area contributed by atoms with Gasteiger partial charge in [0.25, 0.3) is 0 Å². The van der Waals surface area contributed by atoms with Crippen LogP contribution in [0.3, 0.4) is 0 Å². The molecule has 2 heterocycles. The lowest BCUT2D eigenvalue weighted by atomic mass is 9.90. The highest BCUT2D eigenvalue weighted by molar-refractivity contribution is 7.89. The van der Waals surface area contributed by atoms with Gasteiger partial charge in [-0.15, -0.1) is 0 Å². The van der Waals surface area contributed by atoms with E-state index in [4.69, 9.17) is 33.1 Å². The lowest BCUT2D eigenvalue weighted by Gasteiger charge is -2.35. The van der Waals surface area contributed by atoms with Gasteiger partial charge in [0.1, 0.15) is 5.82 Å². The Balaban J connectivity index is 0.000000771. The quantitative estimate of drug-likeness (QED) is 0.268. The van der Waals surface area contributed by atoms with Crippen LogP contribution in [0, 0.1) is 17.7 Å². The van der Waals surface area contributed by atoms with E-state index in [0.717, 1.165) is 51.0 Å². The molecule has 4 rings (SSSR count). The molecule has 0 bridgehead atoms. The lowest BCUT2D eigenvalue weighted by Crippen LogP contribution is -2.46. The monoisotopic (exact) mass is 725 g/mol. The average Bonchev–Trinajstić information content (AvgIpc) is 3.02. The molecule has 0 saturated carbocycles. The number of anilines is 1. The molecular formula is C32H41Cl2F4N3O5S. The Morgan fingerprint density at radius 2 is 1.53 bits per heavy atom. The largest absolute Gasteiger partial charge is 0.490 e. The molecule has 2 aliphatic heterocycles. The Kier molecular flexibility index (Phi) is 14.3. The third-order valence-electron chi connectivity index (χ3n) is 8.48. The number of piperidine rings is 2. The summed E-state index contributed by atoms with van der Waals surface area (Å²) in [6, 6.07) is 12.1. The van der Waals surface area contributed by atoms with E-state index in [2.05, 4.69) is 4.90 Å². The number of carboxylic acid groups (broad SMARTS) is 1. The van der Waals surface area contributed by atoms with E-state index < -0.39 is 27.4 Å². The Bertz CT molecular complexity index is 1450. The van der Waals surface area contributed by atoms with Crippen molar-refractivity contribution in [2.24, 2.45) is 11.8 Å². The number of aliphatic carboxylic acids is 1. The zero-order chi connectivity index (χ0) is 34.9. The van der Waals surface area contributed by atoms with Gasteiger partial charge in [-0.2, -0.15) is 13.2 Å². The zero-order valence-electron chi connectivity index (χ0n) is 26.4. The summed E-state index contributed by atoms with van der Waals surface area (Å²) in [6.45, 7) is 7.55. The number of amides is 1. The van der Waals surface area contributed by atoms with E-state index in [1.54, 1.807) is 30.9 Å². The van der Waals surface area contributed by atoms with Crippen LogP contribution in [0.4, 0.5) is 23.2 Å². The summed E-state index contributed by atoms with van der Waals surface area (Å²) in [6.07, 6.45) is -0.0795. The van der Waals surface area contributed by atoms with E-state index in [0.29, 0.717) is 48.4 Å². The summed E-state index contributed by atoms with van der Waals surface area (Å²) >= 11 is 12.5. The molecule has 2 aliphatic rings. The van der Waals surface area contributed by atoms with Gasteiger partial charge in [-0.25, -0.2) is 21.9 Å². The number of benzene rings is 2. The minimum atomic E-state index is -5.08. The molecule has 0 radical (unpaired) electrons. The van der Waals surface area contributed by atoms with Gasteiger partial charge in [-0.3, -0.25) is 4.79 Å². The van der Waals surface area contributed by atoms with Gasteiger partial charge >= 0.3 is 12.1 Å². The molecule has 2 saturated heterocycles. The Morgan fingerprint density at radius 1 is 0.957 bits per heavy atom. The van der Waals surface area contributed by atoms with E-state index in [1.807, 2.05) is 18.2 Å². The summed E-state index contributed by atoms with van der Waals surface area (Å²) in [5.41, 5.74) is 1.90. The minimum Gasteiger partial charge on any atom is -0.475 e. The number of rotatable bonds is 10. The number of likely N-dealkylation sites (tertiary alicyclic amines) is 1. The second-order valence-electron chi connectivity index (χ2n) is 12.1. The van der Waals surface area contributed by atoms with Crippen LogP contribution in [0.25, 0.3) is 0 Å². The van der Waals surface area contributed by atoms with Gasteiger partial charge in [-0.1, -0.05) is 35.3 Å². The van der Waals surface area contributed by atoms with Gasteiger partial charge < -0.3 is 14.9 Å². The molecule has 262 valence electrons. The number of carbonyl (C=O) groups excluding carboxylic acids is 1. The molecule has 47 heavy (non-hydrogen) atoms. The molecule has 0 atom stereocenters. The van der Waals surface area contributed by atoms with Crippen molar-refractivity contribution in [2.75, 3.05) is 44.2 Å². The van der Waals surface area contributed by atoms with Crippen LogP contribution < -0.4 is 4.90 Å². The molecule has 2 aromatic rings. The number of nitrogens with zero attached hydrogens (tertiary/aromatic N) is 3. The number of hydrogen-bond donors (Lipinski definition) is 1. The van der Waals surface area contributed by atoms with Crippen LogP contribution in [0.15, 0.2) is 42.5 Å². The van der Waals surface area contributed by atoms with Crippen LogP contribution in [0.2, 0.25) is 10.0 Å². The lowest BCUT2D eigenvalue weighted by molar-refractivity contribution is -0.192. The summed E-state index contributed by atoms with van der Waals surface area (Å²) in [5.74, 6) is -2.58. The number of alkyl halides is 3. The predicted octanol–water partition coefficient (Wildman–Crippen LogP) is 6.89. The normalized spacial score (nSPS) is 17.3. The molecule has 8 nitrogen and oxygen atoms in total. The minimum absolute atomic E-state index is 0.0120. The van der Waals surface area contributed by atoms with Crippen molar-refractivity contribution in [2.45, 2.75) is 63.8 Å². The number of halogens is 6. The fourth-order valence-corrected chi connectivity index (χ4v) is 7.32. The molecule has 1 N–H and O–H groups in total. The predicted molar refractivity (Wildman–Crippen MR) is 175 cm³/mol. The maximum Gasteiger partial charge on any atom is 0.490 e. The van der Waals surface area contributed by atoms with Gasteiger partial charge in [0, 0.05) is 31.2 Å². The van der Waals surface area contributed by atoms with E-state index in [-0.39, 0.29) is 17.6 Å². The van der Waals surface area contributed by atoms with Crippen LogP contribution in [0.5, 0.6) is 0 Å². The second-order valence-corrected chi connectivity index (χ2v) is 15.4. The number of carbonyl (C=O) groups is 2. The van der Waals surface area contributed by atoms with Gasteiger partial charge in [0.2, 0.25) is 15.9 Å². The Morgan fingerprint density at radius 3 is 2.04 bits per heavy atom. The zero-order valence-corrected chi connectivity index (χ0v) is 28.7. The van der Waals surface area contributed by atoms with E-state index >= 15 is 0 Å². The van der Waals surface area contributed by atoms with Crippen molar-refractivity contribution in [3.63, 3.8) is 0 Å².